The Kier molecular flexibility index (Phi) is 5.15. The molecule has 5 rings (SSSR count). The van der Waals surface area contributed by atoms with Gasteiger partial charge >= 0.3 is 0 Å². The Balaban J connectivity index is 1.37. The Bertz CT molecular complexity index is 1070. The van der Waals surface area contributed by atoms with Crippen molar-refractivity contribution in [1.29, 1.82) is 0 Å². The van der Waals surface area contributed by atoms with Gasteiger partial charge in [-0.2, -0.15) is 4.31 Å². The molecular formula is C22H28N4O4S. The van der Waals surface area contributed by atoms with Crippen molar-refractivity contribution in [1.82, 2.24) is 18.8 Å². The minimum absolute atomic E-state index is 0.0333. The highest BCUT2D eigenvalue weighted by atomic mass is 32.2. The number of amides is 1. The highest BCUT2D eigenvalue weighted by Gasteiger charge is 2.49. The number of benzene rings is 1. The number of nitrogens with zero attached hydrogens (tertiary/aromatic N) is 4. The molecule has 1 amide bonds. The molecule has 0 aliphatic carbocycles. The molecule has 2 saturated heterocycles. The first-order valence-corrected chi connectivity index (χ1v) is 12.4. The lowest BCUT2D eigenvalue weighted by Gasteiger charge is -2.45. The molecule has 1 atom stereocenters. The third kappa shape index (κ3) is 3.58. The van der Waals surface area contributed by atoms with Gasteiger partial charge in [0, 0.05) is 38.6 Å². The Hall–Kier alpha value is -2.23. The van der Waals surface area contributed by atoms with Gasteiger partial charge in [0.2, 0.25) is 10.0 Å². The molecule has 8 nitrogen and oxygen atoms in total. The van der Waals surface area contributed by atoms with E-state index < -0.39 is 21.7 Å². The van der Waals surface area contributed by atoms with Gasteiger partial charge in [0.15, 0.2) is 6.10 Å². The molecule has 3 aliphatic rings. The van der Waals surface area contributed by atoms with E-state index in [2.05, 4.69) is 4.98 Å². The minimum Gasteiger partial charge on any atom is -0.352 e. The molecule has 3 aliphatic heterocycles. The molecule has 0 unspecified atom stereocenters. The van der Waals surface area contributed by atoms with E-state index in [1.807, 2.05) is 34.7 Å². The number of sulfonamides is 1. The summed E-state index contributed by atoms with van der Waals surface area (Å²) in [5.41, 5.74) is 0.286. The second-order valence-corrected chi connectivity index (χ2v) is 10.7. The summed E-state index contributed by atoms with van der Waals surface area (Å²) in [6, 6.07) is 6.94. The van der Waals surface area contributed by atoms with Crippen molar-refractivity contribution in [3.8, 4) is 0 Å². The van der Waals surface area contributed by atoms with Crippen LogP contribution in [0.15, 0.2) is 41.6 Å². The first kappa shape index (κ1) is 20.7. The van der Waals surface area contributed by atoms with Gasteiger partial charge in [0.1, 0.15) is 11.4 Å². The van der Waals surface area contributed by atoms with Crippen LogP contribution in [0.3, 0.4) is 0 Å². The standard InChI is InChI=1S/C22H28N4O4S/c1-17-4-6-18(7-5-17)31(28,29)26-13-8-22(9-14-26)21-23-10-15-25(21)16-19(30-22)20(27)24-11-2-3-12-24/h4-7,10,15,19H,2-3,8-9,11-14,16H2,1H3/t19-/m0/s1. The first-order chi connectivity index (χ1) is 14.9. The average molecular weight is 445 g/mol. The van der Waals surface area contributed by atoms with E-state index in [1.54, 1.807) is 18.3 Å². The molecule has 1 aromatic carbocycles. The molecule has 4 heterocycles. The summed E-state index contributed by atoms with van der Waals surface area (Å²) in [5.74, 6) is 0.830. The van der Waals surface area contributed by atoms with E-state index in [1.165, 1.54) is 4.31 Å². The summed E-state index contributed by atoms with van der Waals surface area (Å²) < 4.78 is 36.2. The van der Waals surface area contributed by atoms with Gasteiger partial charge in [-0.1, -0.05) is 17.7 Å². The molecular weight excluding hydrogens is 416 g/mol. The first-order valence-electron chi connectivity index (χ1n) is 10.9. The van der Waals surface area contributed by atoms with Gasteiger partial charge < -0.3 is 14.2 Å². The number of aryl methyl sites for hydroxylation is 1. The zero-order chi connectivity index (χ0) is 21.6. The molecule has 31 heavy (non-hydrogen) atoms. The minimum atomic E-state index is -3.57. The van der Waals surface area contributed by atoms with Crippen LogP contribution in [0.2, 0.25) is 0 Å². The Morgan fingerprint density at radius 3 is 2.45 bits per heavy atom. The molecule has 2 fully saturated rings. The zero-order valence-corrected chi connectivity index (χ0v) is 18.6. The third-order valence-electron chi connectivity index (χ3n) is 6.74. The van der Waals surface area contributed by atoms with Crippen molar-refractivity contribution in [2.75, 3.05) is 26.2 Å². The average Bonchev–Trinajstić information content (AvgIpc) is 3.46. The van der Waals surface area contributed by atoms with Crippen LogP contribution < -0.4 is 0 Å². The third-order valence-corrected chi connectivity index (χ3v) is 8.65. The number of likely N-dealkylation sites (tertiary alicyclic amines) is 1. The number of fused-ring (bicyclic) bond motifs is 2. The Morgan fingerprint density at radius 1 is 1.10 bits per heavy atom. The number of hydrogen-bond acceptors (Lipinski definition) is 5. The SMILES string of the molecule is Cc1ccc(S(=O)(=O)N2CCC3(CC2)O[C@H](C(=O)N2CCCC2)Cn2ccnc23)cc1. The fraction of sp³-hybridized carbons (Fsp3) is 0.545. The number of rotatable bonds is 3. The van der Waals surface area contributed by atoms with Crippen LogP contribution >= 0.6 is 0 Å². The maximum Gasteiger partial charge on any atom is 0.253 e. The molecule has 1 spiro atoms. The molecule has 1 aromatic heterocycles. The van der Waals surface area contributed by atoms with Crippen LogP contribution in [-0.2, 0) is 31.7 Å². The molecule has 0 radical (unpaired) electrons. The lowest BCUT2D eigenvalue weighted by molar-refractivity contribution is -0.178. The fourth-order valence-corrected chi connectivity index (χ4v) is 6.40. The number of ether oxygens (including phenoxy) is 1. The predicted octanol–water partition coefficient (Wildman–Crippen LogP) is 1.89. The van der Waals surface area contributed by atoms with Crippen molar-refractivity contribution in [2.45, 2.75) is 55.8 Å². The number of imidazole rings is 1. The van der Waals surface area contributed by atoms with Crippen molar-refractivity contribution >= 4 is 15.9 Å². The van der Waals surface area contributed by atoms with Gasteiger partial charge in [-0.3, -0.25) is 4.79 Å². The molecule has 166 valence electrons. The Morgan fingerprint density at radius 2 is 1.77 bits per heavy atom. The number of carbonyl (C=O) groups excluding carboxylic acids is 1. The van der Waals surface area contributed by atoms with E-state index in [0.29, 0.717) is 37.4 Å². The van der Waals surface area contributed by atoms with Gasteiger partial charge in [-0.05, 0) is 44.7 Å². The smallest absolute Gasteiger partial charge is 0.253 e. The van der Waals surface area contributed by atoms with Crippen LogP contribution in [0.4, 0.5) is 0 Å². The molecule has 9 heteroatoms. The highest BCUT2D eigenvalue weighted by Crippen LogP contribution is 2.41. The van der Waals surface area contributed by atoms with Crippen molar-refractivity contribution in [3.05, 3.63) is 48.0 Å². The maximum atomic E-state index is 13.1. The van der Waals surface area contributed by atoms with Crippen LogP contribution in [0, 0.1) is 6.92 Å². The molecule has 0 saturated carbocycles. The summed E-state index contributed by atoms with van der Waals surface area (Å²) >= 11 is 0. The van der Waals surface area contributed by atoms with Gasteiger partial charge in [-0.25, -0.2) is 13.4 Å². The van der Waals surface area contributed by atoms with E-state index >= 15 is 0 Å². The van der Waals surface area contributed by atoms with Crippen LogP contribution in [-0.4, -0.2) is 65.4 Å². The number of carbonyl (C=O) groups is 1. The van der Waals surface area contributed by atoms with E-state index in [4.69, 9.17) is 4.74 Å². The monoisotopic (exact) mass is 444 g/mol. The van der Waals surface area contributed by atoms with Crippen molar-refractivity contribution in [2.24, 2.45) is 0 Å². The number of aromatic nitrogens is 2. The quantitative estimate of drug-likeness (QED) is 0.722. The summed E-state index contributed by atoms with van der Waals surface area (Å²) in [4.78, 5) is 19.8. The Labute approximate surface area is 182 Å². The lowest BCUT2D eigenvalue weighted by atomic mass is 9.89. The van der Waals surface area contributed by atoms with E-state index in [9.17, 15) is 13.2 Å². The lowest BCUT2D eigenvalue weighted by Crippen LogP contribution is -2.55. The topological polar surface area (TPSA) is 84.7 Å². The van der Waals surface area contributed by atoms with Crippen LogP contribution in [0.5, 0.6) is 0 Å². The summed E-state index contributed by atoms with van der Waals surface area (Å²) in [6.45, 7) is 4.61. The number of piperidine rings is 1. The fourth-order valence-electron chi connectivity index (χ4n) is 4.95. The number of hydrogen-bond donors (Lipinski definition) is 0. The summed E-state index contributed by atoms with van der Waals surface area (Å²) in [5, 5.41) is 0. The van der Waals surface area contributed by atoms with Crippen LogP contribution in [0.1, 0.15) is 37.1 Å². The maximum absolute atomic E-state index is 13.1. The zero-order valence-electron chi connectivity index (χ0n) is 17.7. The largest absolute Gasteiger partial charge is 0.352 e. The van der Waals surface area contributed by atoms with Gasteiger partial charge in [0.05, 0.1) is 11.4 Å². The molecule has 0 bridgehead atoms. The van der Waals surface area contributed by atoms with Crippen LogP contribution in [0.25, 0.3) is 0 Å². The molecule has 2 aromatic rings. The van der Waals surface area contributed by atoms with E-state index in [-0.39, 0.29) is 5.91 Å². The highest BCUT2D eigenvalue weighted by molar-refractivity contribution is 7.89. The van der Waals surface area contributed by atoms with Crippen molar-refractivity contribution < 1.29 is 17.9 Å². The van der Waals surface area contributed by atoms with Gasteiger partial charge in [0.25, 0.3) is 5.91 Å². The normalized spacial score (nSPS) is 23.8. The van der Waals surface area contributed by atoms with Crippen molar-refractivity contribution in [3.63, 3.8) is 0 Å². The predicted molar refractivity (Wildman–Crippen MR) is 114 cm³/mol. The van der Waals surface area contributed by atoms with E-state index in [0.717, 1.165) is 37.3 Å². The second-order valence-electron chi connectivity index (χ2n) is 8.75. The summed E-state index contributed by atoms with van der Waals surface area (Å²) in [6.07, 6.45) is 6.08. The second kappa shape index (κ2) is 7.72. The summed E-state index contributed by atoms with van der Waals surface area (Å²) in [7, 11) is -3.57. The molecule has 0 N–H and O–H groups in total. The van der Waals surface area contributed by atoms with Gasteiger partial charge in [-0.15, -0.1) is 0 Å².